The first-order chi connectivity index (χ1) is 39.4. The molecule has 81 heavy (non-hydrogen) atoms. The van der Waals surface area contributed by atoms with Crippen molar-refractivity contribution < 1.29 is 61.5 Å². The topological polar surface area (TPSA) is 225 Å². The zero-order valence-corrected chi connectivity index (χ0v) is 44.8. The van der Waals surface area contributed by atoms with Gasteiger partial charge in [0.25, 0.3) is 0 Å². The van der Waals surface area contributed by atoms with Gasteiger partial charge in [-0.1, -0.05) is 135 Å². The van der Waals surface area contributed by atoms with Gasteiger partial charge in [0, 0.05) is 53.3 Å². The molecule has 0 saturated carbocycles. The summed E-state index contributed by atoms with van der Waals surface area (Å²) in [5.41, 5.74) is 6.88. The van der Waals surface area contributed by atoms with Crippen molar-refractivity contribution in [2.75, 3.05) is 27.9 Å². The summed E-state index contributed by atoms with van der Waals surface area (Å²) < 4.78 is 52.2. The molecule has 12 rings (SSSR count). The third-order valence-electron chi connectivity index (χ3n) is 15.4. The fourth-order valence-corrected chi connectivity index (χ4v) is 11.7. The number of benzene rings is 6. The molecule has 9 aromatic rings. The summed E-state index contributed by atoms with van der Waals surface area (Å²) in [6.45, 7) is 3.93. The van der Waals surface area contributed by atoms with Crippen LogP contribution in [-0.4, -0.2) is 83.8 Å². The highest BCUT2D eigenvalue weighted by atomic mass is 16.6. The van der Waals surface area contributed by atoms with Crippen LogP contribution >= 0.6 is 0 Å². The Kier molecular flexibility index (Phi) is 13.6. The van der Waals surface area contributed by atoms with Crippen molar-refractivity contribution in [2.45, 2.75) is 63.1 Å². The lowest BCUT2D eigenvalue weighted by Crippen LogP contribution is -2.47. The maximum Gasteiger partial charge on any atom is 0.408 e. The molecule has 18 nitrogen and oxygen atoms in total. The number of para-hydroxylation sites is 1. The van der Waals surface area contributed by atoms with E-state index in [0.29, 0.717) is 39.1 Å². The molecule has 2 amide bonds. The summed E-state index contributed by atoms with van der Waals surface area (Å²) in [4.78, 5) is 65.7. The number of ether oxygens (including phenoxy) is 6. The van der Waals surface area contributed by atoms with Crippen LogP contribution in [0.1, 0.15) is 70.8 Å². The zero-order chi connectivity index (χ0) is 56.1. The minimum atomic E-state index is -1.95. The lowest BCUT2D eigenvalue weighted by molar-refractivity contribution is -0.150. The highest BCUT2D eigenvalue weighted by Crippen LogP contribution is 2.60. The molecule has 3 aromatic heterocycles. The number of hydrogen-bond acceptors (Lipinski definition) is 14. The average Bonchev–Trinajstić information content (AvgIpc) is 4.40. The number of amides is 2. The molecule has 6 bridgehead atoms. The predicted molar refractivity (Wildman–Crippen MR) is 295 cm³/mol. The number of carbonyl (C=O) groups excluding carboxylic acids is 3. The van der Waals surface area contributed by atoms with Gasteiger partial charge in [0.05, 0.1) is 25.9 Å². The van der Waals surface area contributed by atoms with Crippen LogP contribution in [0.3, 0.4) is 0 Å². The molecule has 0 saturated heterocycles. The molecule has 18 heteroatoms. The molecule has 1 aliphatic carbocycles. The third-order valence-corrected chi connectivity index (χ3v) is 15.4. The van der Waals surface area contributed by atoms with Gasteiger partial charge in [-0.15, -0.1) is 0 Å². The van der Waals surface area contributed by atoms with Crippen LogP contribution in [0.2, 0.25) is 0 Å². The Bertz CT molecular complexity index is 3870. The second-order valence-corrected chi connectivity index (χ2v) is 20.4. The Morgan fingerprint density at radius 1 is 0.741 bits per heavy atom. The van der Waals surface area contributed by atoms with Gasteiger partial charge in [-0.25, -0.2) is 29.1 Å². The fourth-order valence-electron chi connectivity index (χ4n) is 11.7. The number of alkyl carbamates (subject to hydrolysis) is 2. The molecule has 6 aromatic carbocycles. The van der Waals surface area contributed by atoms with E-state index in [1.54, 1.807) is 55.8 Å². The molecular formula is C63H55N5O13. The van der Waals surface area contributed by atoms with E-state index in [2.05, 4.69) is 22.8 Å². The third kappa shape index (κ3) is 8.97. The molecule has 4 atom stereocenters. The largest absolute Gasteiger partial charge is 0.496 e. The summed E-state index contributed by atoms with van der Waals surface area (Å²) in [6.07, 6.45) is -0.0553. The van der Waals surface area contributed by atoms with Gasteiger partial charge in [0.15, 0.2) is 17.2 Å². The molecule has 410 valence electrons. The number of carbonyl (C=O) groups is 4. The summed E-state index contributed by atoms with van der Waals surface area (Å²) in [7, 11) is 4.31. The van der Waals surface area contributed by atoms with Crippen LogP contribution in [0.15, 0.2) is 155 Å². The number of nitrogens with one attached hydrogen (secondary N) is 2. The predicted octanol–water partition coefficient (Wildman–Crippen LogP) is 11.0. The number of methoxy groups -OCH3 is 3. The second kappa shape index (κ2) is 21.2. The molecule has 5 heterocycles. The monoisotopic (exact) mass is 1090 g/mol. The van der Waals surface area contributed by atoms with E-state index >= 15 is 4.79 Å². The number of esters is 1. The van der Waals surface area contributed by atoms with Crippen LogP contribution in [0.4, 0.5) is 9.59 Å². The van der Waals surface area contributed by atoms with Crippen molar-refractivity contribution in [3.63, 3.8) is 0 Å². The van der Waals surface area contributed by atoms with Crippen LogP contribution in [0, 0.1) is 5.92 Å². The Hall–Kier alpha value is -9.68. The smallest absolute Gasteiger partial charge is 0.408 e. The van der Waals surface area contributed by atoms with E-state index in [1.165, 1.54) is 14.2 Å². The van der Waals surface area contributed by atoms with Crippen molar-refractivity contribution >= 4 is 35.0 Å². The number of aliphatic carboxylic acids is 1. The molecular weight excluding hydrogens is 1030 g/mol. The van der Waals surface area contributed by atoms with E-state index in [4.69, 9.17) is 47.2 Å². The van der Waals surface area contributed by atoms with Crippen LogP contribution in [0.25, 0.3) is 56.1 Å². The molecule has 0 unspecified atom stereocenters. The van der Waals surface area contributed by atoms with E-state index < -0.39 is 47.7 Å². The summed E-state index contributed by atoms with van der Waals surface area (Å²) in [5.74, 6) is -1.92. The van der Waals surface area contributed by atoms with Crippen LogP contribution < -0.4 is 20.1 Å². The van der Waals surface area contributed by atoms with E-state index in [9.17, 15) is 19.5 Å². The van der Waals surface area contributed by atoms with Crippen molar-refractivity contribution in [2.24, 2.45) is 5.92 Å². The first kappa shape index (κ1) is 52.0. The SMILES string of the molecule is COCn1cc2c3c(cccc31)-c1cccc3c1O[C@H](C(=O)OC)[C@@]3(c1cc(C[C@H](NC(=O)OCc3ccccc3)C(=O)O)ccc1OC)c1oc([C@@H](NC(=O)OCC3c4ccccc4-c4ccccc43)C(C)C)nc1-c1ncc-2o1. The second-order valence-electron chi connectivity index (χ2n) is 20.4. The van der Waals surface area contributed by atoms with Crippen molar-refractivity contribution in [3.05, 3.63) is 191 Å². The number of fused-ring (bicyclic) bond motifs is 10. The van der Waals surface area contributed by atoms with E-state index in [1.807, 2.05) is 103 Å². The summed E-state index contributed by atoms with van der Waals surface area (Å²) >= 11 is 0. The summed E-state index contributed by atoms with van der Waals surface area (Å²) in [5, 5.41) is 16.9. The molecule has 3 N–H and O–H groups in total. The molecule has 0 fully saturated rings. The van der Waals surface area contributed by atoms with E-state index in [-0.39, 0.29) is 78.5 Å². The number of hydrogen-bond donors (Lipinski definition) is 3. The standard InChI is InChI=1S/C63H55N5O13/c1-34(2)52(67-62(73)78-32-44-39-19-11-9-17-37(39)38-18-10-12-20-40(38)44)58-66-53-55(81-58)63(46-27-36(25-26-49(46)75-4)28-47(59(69)70)65-61(72)77-31-35-15-7-6-8-16-35)45-23-13-22-42(54(45)80-56(63)60(71)76-5)41-21-14-24-48-51(41)43(30-68(48)33-74-3)50-29-64-57(53)79-50/h6-27,29-30,34,44,47,52,56H,28,31-33H2,1-5H3,(H,65,72)(H,67,73)(H,69,70)/t47-,52-,56+,63-/m0/s1. The lowest BCUT2D eigenvalue weighted by Gasteiger charge is -2.33. The fraction of sp³-hybridized carbons (Fsp3) is 0.238. The zero-order valence-electron chi connectivity index (χ0n) is 44.8. The number of carboxylic acids is 1. The minimum Gasteiger partial charge on any atom is -0.496 e. The normalized spacial score (nSPS) is 16.2. The number of rotatable bonds is 16. The first-order valence-corrected chi connectivity index (χ1v) is 26.4. The average molecular weight is 1090 g/mol. The van der Waals surface area contributed by atoms with E-state index in [0.717, 1.165) is 33.2 Å². The van der Waals surface area contributed by atoms with Gasteiger partial charge in [0.2, 0.25) is 17.9 Å². The van der Waals surface area contributed by atoms with Crippen molar-refractivity contribution in [1.29, 1.82) is 0 Å². The van der Waals surface area contributed by atoms with Crippen LogP contribution in [-0.2, 0) is 53.7 Å². The maximum atomic E-state index is 15.0. The Morgan fingerprint density at radius 2 is 1.44 bits per heavy atom. The minimum absolute atomic E-state index is 0.00178. The first-order valence-electron chi connectivity index (χ1n) is 26.4. The molecule has 0 spiro atoms. The summed E-state index contributed by atoms with van der Waals surface area (Å²) in [6, 6.07) is 39.0. The Balaban J connectivity index is 1.03. The quantitative estimate of drug-likeness (QED) is 0.0604. The number of nitrogens with zero attached hydrogens (tertiary/aromatic N) is 3. The van der Waals surface area contributed by atoms with Gasteiger partial charge < -0.3 is 57.6 Å². The highest BCUT2D eigenvalue weighted by Gasteiger charge is 2.62. The lowest BCUT2D eigenvalue weighted by atomic mass is 9.67. The molecule has 2 aliphatic heterocycles. The highest BCUT2D eigenvalue weighted by molar-refractivity contribution is 6.07. The number of aromatic nitrogens is 3. The Labute approximate surface area is 464 Å². The van der Waals surface area contributed by atoms with Gasteiger partial charge in [0.1, 0.15) is 48.9 Å². The molecule has 0 radical (unpaired) electrons. The van der Waals surface area contributed by atoms with Crippen LogP contribution in [0.5, 0.6) is 11.5 Å². The maximum absolute atomic E-state index is 15.0. The van der Waals surface area contributed by atoms with Crippen molar-refractivity contribution in [3.8, 4) is 56.7 Å². The Morgan fingerprint density at radius 3 is 2.16 bits per heavy atom. The van der Waals surface area contributed by atoms with Gasteiger partial charge in [-0.3, -0.25) is 0 Å². The van der Waals surface area contributed by atoms with Gasteiger partial charge in [-0.2, -0.15) is 0 Å². The van der Waals surface area contributed by atoms with Gasteiger partial charge in [-0.05, 0) is 57.0 Å². The van der Waals surface area contributed by atoms with Crippen molar-refractivity contribution in [1.82, 2.24) is 25.2 Å². The molecule has 3 aliphatic rings. The van der Waals surface area contributed by atoms with Gasteiger partial charge >= 0.3 is 24.1 Å². The number of carboxylic acid groups (broad SMARTS) is 1. The number of oxazole rings is 2.